The maximum Gasteiger partial charge on any atom is 0.501 e. The highest BCUT2D eigenvalue weighted by Crippen LogP contribution is 2.51. The van der Waals surface area contributed by atoms with Gasteiger partial charge in [0.25, 0.3) is 0 Å². The zero-order valence-corrected chi connectivity index (χ0v) is 13.6. The Morgan fingerprint density at radius 2 is 1.68 bits per heavy atom. The van der Waals surface area contributed by atoms with Gasteiger partial charge in [-0.1, -0.05) is 12.8 Å². The van der Waals surface area contributed by atoms with Crippen molar-refractivity contribution >= 4 is 8.80 Å². The van der Waals surface area contributed by atoms with E-state index >= 15 is 0 Å². The molecular formula is C14H28O4Si. The van der Waals surface area contributed by atoms with E-state index in [9.17, 15) is 0 Å². The molecule has 0 amide bonds. The highest BCUT2D eigenvalue weighted by atomic mass is 28.4. The summed E-state index contributed by atoms with van der Waals surface area (Å²) in [6.07, 6.45) is 6.57. The Labute approximate surface area is 118 Å². The molecule has 2 aliphatic rings. The molecule has 5 heteroatoms. The van der Waals surface area contributed by atoms with Crippen LogP contribution < -0.4 is 0 Å². The molecule has 1 saturated carbocycles. The van der Waals surface area contributed by atoms with Crippen LogP contribution in [0.5, 0.6) is 0 Å². The van der Waals surface area contributed by atoms with E-state index in [-0.39, 0.29) is 5.60 Å². The molecule has 2 atom stereocenters. The first-order chi connectivity index (χ1) is 9.20. The number of epoxide rings is 1. The van der Waals surface area contributed by atoms with Crippen LogP contribution in [0.2, 0.25) is 6.04 Å². The van der Waals surface area contributed by atoms with Crippen LogP contribution in [-0.2, 0) is 18.0 Å². The number of hydrogen-bond acceptors (Lipinski definition) is 4. The summed E-state index contributed by atoms with van der Waals surface area (Å²) >= 11 is 0. The molecule has 1 aliphatic carbocycles. The Hall–Kier alpha value is 0.0569. The van der Waals surface area contributed by atoms with Crippen LogP contribution in [0.15, 0.2) is 0 Å². The zero-order chi connectivity index (χ0) is 13.8. The van der Waals surface area contributed by atoms with Gasteiger partial charge in [0.1, 0.15) is 0 Å². The molecular weight excluding hydrogens is 260 g/mol. The third kappa shape index (κ3) is 3.58. The molecule has 1 saturated heterocycles. The van der Waals surface area contributed by atoms with Crippen molar-refractivity contribution in [2.45, 2.75) is 70.6 Å². The van der Waals surface area contributed by atoms with Crippen molar-refractivity contribution in [1.82, 2.24) is 0 Å². The lowest BCUT2D eigenvalue weighted by molar-refractivity contribution is 0.0683. The molecule has 2 rings (SSSR count). The van der Waals surface area contributed by atoms with Crippen molar-refractivity contribution in [3.63, 3.8) is 0 Å². The van der Waals surface area contributed by atoms with E-state index in [1.807, 2.05) is 20.8 Å². The lowest BCUT2D eigenvalue weighted by Crippen LogP contribution is -2.46. The fourth-order valence-corrected chi connectivity index (χ4v) is 5.99. The molecule has 19 heavy (non-hydrogen) atoms. The first-order valence-corrected chi connectivity index (χ1v) is 9.73. The minimum atomic E-state index is -2.48. The van der Waals surface area contributed by atoms with Crippen molar-refractivity contribution in [3.05, 3.63) is 0 Å². The number of ether oxygens (including phenoxy) is 1. The van der Waals surface area contributed by atoms with Gasteiger partial charge in [-0.25, -0.2) is 0 Å². The molecule has 112 valence electrons. The Morgan fingerprint density at radius 3 is 2.21 bits per heavy atom. The van der Waals surface area contributed by atoms with Crippen molar-refractivity contribution in [2.75, 3.05) is 19.8 Å². The summed E-state index contributed by atoms with van der Waals surface area (Å²) in [5.41, 5.74) is 0.141. The topological polar surface area (TPSA) is 40.2 Å². The second-order valence-corrected chi connectivity index (χ2v) is 8.13. The summed E-state index contributed by atoms with van der Waals surface area (Å²) in [5.74, 6) is 0. The summed E-state index contributed by atoms with van der Waals surface area (Å²) in [6.45, 7) is 8.00. The summed E-state index contributed by atoms with van der Waals surface area (Å²) < 4.78 is 23.7. The molecule has 2 fully saturated rings. The van der Waals surface area contributed by atoms with Crippen LogP contribution in [0.4, 0.5) is 0 Å². The predicted molar refractivity (Wildman–Crippen MR) is 76.1 cm³/mol. The number of fused-ring (bicyclic) bond motifs is 1. The fraction of sp³-hybridized carbons (Fsp3) is 1.00. The highest BCUT2D eigenvalue weighted by molar-refractivity contribution is 6.60. The van der Waals surface area contributed by atoms with Gasteiger partial charge < -0.3 is 18.0 Å². The molecule has 0 N–H and O–H groups in total. The Morgan fingerprint density at radius 1 is 1.05 bits per heavy atom. The molecule has 0 aromatic heterocycles. The maximum atomic E-state index is 5.95. The number of rotatable bonds is 9. The van der Waals surface area contributed by atoms with Crippen LogP contribution in [0.3, 0.4) is 0 Å². The molecule has 0 radical (unpaired) electrons. The molecule has 0 aromatic rings. The van der Waals surface area contributed by atoms with Gasteiger partial charge >= 0.3 is 8.80 Å². The fourth-order valence-electron chi connectivity index (χ4n) is 3.26. The van der Waals surface area contributed by atoms with Crippen LogP contribution >= 0.6 is 0 Å². The SMILES string of the molecule is CCO[Si](CCC12CCCCC1O2)(OCC)OCC. The van der Waals surface area contributed by atoms with Gasteiger partial charge in [-0.3, -0.25) is 0 Å². The summed E-state index contributed by atoms with van der Waals surface area (Å²) in [6, 6.07) is 0.888. The van der Waals surface area contributed by atoms with Crippen molar-refractivity contribution in [2.24, 2.45) is 0 Å². The molecule has 1 heterocycles. The number of hydrogen-bond donors (Lipinski definition) is 0. The smallest absolute Gasteiger partial charge is 0.374 e. The second-order valence-electron chi connectivity index (χ2n) is 5.40. The second kappa shape index (κ2) is 6.67. The largest absolute Gasteiger partial charge is 0.501 e. The summed E-state index contributed by atoms with van der Waals surface area (Å²) in [4.78, 5) is 0. The van der Waals surface area contributed by atoms with Crippen LogP contribution in [-0.4, -0.2) is 40.3 Å². The normalized spacial score (nSPS) is 30.2. The van der Waals surface area contributed by atoms with E-state index in [0.29, 0.717) is 25.9 Å². The van der Waals surface area contributed by atoms with Gasteiger partial charge in [-0.2, -0.15) is 0 Å². The molecule has 4 nitrogen and oxygen atoms in total. The Kier molecular flexibility index (Phi) is 5.43. The van der Waals surface area contributed by atoms with Crippen LogP contribution in [0.1, 0.15) is 52.9 Å². The van der Waals surface area contributed by atoms with Crippen molar-refractivity contribution in [1.29, 1.82) is 0 Å². The zero-order valence-electron chi connectivity index (χ0n) is 12.6. The molecule has 0 aromatic carbocycles. The molecule has 1 aliphatic heterocycles. The standard InChI is InChI=1S/C14H28O4Si/c1-4-15-19(16-5-2,17-6-3)12-11-14-10-8-7-9-13(14)18-14/h13H,4-12H2,1-3H3. The molecule has 0 bridgehead atoms. The van der Waals surface area contributed by atoms with Gasteiger partial charge in [0.2, 0.25) is 0 Å². The highest BCUT2D eigenvalue weighted by Gasteiger charge is 2.58. The minimum Gasteiger partial charge on any atom is -0.374 e. The van der Waals surface area contributed by atoms with Gasteiger partial charge in [-0.05, 0) is 40.0 Å². The first kappa shape index (κ1) is 15.4. The minimum absolute atomic E-state index is 0.141. The summed E-state index contributed by atoms with van der Waals surface area (Å²) in [5, 5.41) is 0. The first-order valence-electron chi connectivity index (χ1n) is 7.80. The van der Waals surface area contributed by atoms with Gasteiger partial charge in [-0.15, -0.1) is 0 Å². The lowest BCUT2D eigenvalue weighted by atomic mass is 9.87. The average molecular weight is 288 g/mol. The van der Waals surface area contributed by atoms with E-state index in [0.717, 1.165) is 12.5 Å². The van der Waals surface area contributed by atoms with Crippen molar-refractivity contribution < 1.29 is 18.0 Å². The monoisotopic (exact) mass is 288 g/mol. The Bertz CT molecular complexity index is 270. The van der Waals surface area contributed by atoms with Crippen molar-refractivity contribution in [3.8, 4) is 0 Å². The average Bonchev–Trinajstić information content (AvgIpc) is 3.12. The maximum absolute atomic E-state index is 5.95. The quantitative estimate of drug-likeness (QED) is 0.483. The third-order valence-corrected chi connectivity index (χ3v) is 7.22. The lowest BCUT2D eigenvalue weighted by Gasteiger charge is -2.30. The Balaban J connectivity index is 1.91. The molecule has 2 unspecified atom stereocenters. The van der Waals surface area contributed by atoms with Gasteiger partial charge in [0.15, 0.2) is 0 Å². The third-order valence-electron chi connectivity index (χ3n) is 4.17. The predicted octanol–water partition coefficient (Wildman–Crippen LogP) is 3.14. The van der Waals surface area contributed by atoms with Gasteiger partial charge in [0, 0.05) is 25.9 Å². The summed E-state index contributed by atoms with van der Waals surface area (Å²) in [7, 11) is -2.48. The van der Waals surface area contributed by atoms with E-state index < -0.39 is 8.80 Å². The van der Waals surface area contributed by atoms with Gasteiger partial charge in [0.05, 0.1) is 11.7 Å². The molecule has 0 spiro atoms. The van der Waals surface area contributed by atoms with E-state index in [1.54, 1.807) is 0 Å². The van der Waals surface area contributed by atoms with Crippen LogP contribution in [0, 0.1) is 0 Å². The van der Waals surface area contributed by atoms with E-state index in [2.05, 4.69) is 0 Å². The van der Waals surface area contributed by atoms with Crippen LogP contribution in [0.25, 0.3) is 0 Å². The van der Waals surface area contributed by atoms with E-state index in [1.165, 1.54) is 25.7 Å². The van der Waals surface area contributed by atoms with E-state index in [4.69, 9.17) is 18.0 Å².